The van der Waals surface area contributed by atoms with Crippen LogP contribution >= 0.6 is 0 Å². The Labute approximate surface area is 241 Å². The molecule has 10 heteroatoms. The summed E-state index contributed by atoms with van der Waals surface area (Å²) in [5.74, 6) is 0. The van der Waals surface area contributed by atoms with Gasteiger partial charge in [-0.15, -0.1) is 0 Å². The number of fused-ring (bicyclic) bond motifs is 2. The third-order valence-corrected chi connectivity index (χ3v) is 7.21. The van der Waals surface area contributed by atoms with Crippen molar-refractivity contribution in [3.63, 3.8) is 0 Å². The molecule has 212 valence electrons. The number of hydrogen-bond acceptors (Lipinski definition) is 4. The van der Waals surface area contributed by atoms with Crippen LogP contribution in [0.5, 0.6) is 0 Å². The molecule has 0 fully saturated rings. The minimum absolute atomic E-state index is 0.114. The fourth-order valence-electron chi connectivity index (χ4n) is 5.13. The van der Waals surface area contributed by atoms with E-state index in [2.05, 4.69) is 10.0 Å². The molecule has 0 aliphatic rings. The summed E-state index contributed by atoms with van der Waals surface area (Å²) in [6, 6.07) is 22.1. The zero-order valence-electron chi connectivity index (χ0n) is 23.8. The molecule has 10 nitrogen and oxygen atoms in total. The lowest BCUT2D eigenvalue weighted by atomic mass is 10.2. The van der Waals surface area contributed by atoms with E-state index in [-0.39, 0.29) is 11.1 Å². The Hall–Kier alpha value is -5.31. The smallest absolute Gasteiger partial charge is 0.279 e. The van der Waals surface area contributed by atoms with E-state index in [1.165, 1.54) is 0 Å². The molecule has 0 amide bonds. The molecule has 2 atom stereocenters. The van der Waals surface area contributed by atoms with Crippen LogP contribution in [0, 0.1) is 13.8 Å². The molecule has 4 aromatic heterocycles. The highest BCUT2D eigenvalue weighted by Gasteiger charge is 2.17. The predicted octanol–water partition coefficient (Wildman–Crippen LogP) is 6.22. The number of aliphatic hydroxyl groups is 1. The number of aliphatic hydroxyl groups excluding tert-OH is 1. The molecule has 42 heavy (non-hydrogen) atoms. The Morgan fingerprint density at radius 1 is 0.714 bits per heavy atom. The van der Waals surface area contributed by atoms with Crippen LogP contribution in [0.1, 0.15) is 48.5 Å². The van der Waals surface area contributed by atoms with Gasteiger partial charge in [-0.2, -0.15) is 0 Å². The monoisotopic (exact) mass is 561 g/mol. The van der Waals surface area contributed by atoms with Crippen molar-refractivity contribution in [1.29, 1.82) is 0 Å². The topological polar surface area (TPSA) is 122 Å². The number of nitrogens with zero attached hydrogens (tertiary/aromatic N) is 7. The minimum atomic E-state index is -0.727. The Bertz CT molecular complexity index is 2050. The van der Waals surface area contributed by atoms with Gasteiger partial charge in [0.2, 0.25) is 0 Å². The van der Waals surface area contributed by atoms with Crippen molar-refractivity contribution in [2.45, 2.75) is 39.8 Å². The average molecular weight is 562 g/mol. The standard InChI is InChI=1S/C16H15N5O.C16H16N2O2/c1-11-8-9-20-10-14(12(2)18-19-17)21(16(22)15(11)20)13-6-4-3-5-7-13;1-11-8-9-17-10-14(12(2)19)18(16(20)15(11)17)13-6-4-3-5-7-13/h3-10,12H,1-2H3;3-10,12,19H,1-2H3. The van der Waals surface area contributed by atoms with Crippen molar-refractivity contribution in [1.82, 2.24) is 17.9 Å². The van der Waals surface area contributed by atoms with Gasteiger partial charge in [-0.1, -0.05) is 48.4 Å². The van der Waals surface area contributed by atoms with Crippen molar-refractivity contribution in [3.8, 4) is 11.4 Å². The highest BCUT2D eigenvalue weighted by Crippen LogP contribution is 2.22. The first kappa shape index (κ1) is 28.2. The molecule has 6 rings (SSSR count). The van der Waals surface area contributed by atoms with E-state index in [1.807, 2.05) is 105 Å². The average Bonchev–Trinajstić information content (AvgIpc) is 3.56. The van der Waals surface area contributed by atoms with Crippen LogP contribution in [0.25, 0.3) is 32.9 Å². The quantitative estimate of drug-likeness (QED) is 0.153. The van der Waals surface area contributed by atoms with Crippen molar-refractivity contribution in [3.05, 3.63) is 151 Å². The van der Waals surface area contributed by atoms with Crippen LogP contribution in [0.15, 0.2) is 112 Å². The van der Waals surface area contributed by atoms with Gasteiger partial charge in [0.15, 0.2) is 0 Å². The molecule has 0 saturated heterocycles. The maximum absolute atomic E-state index is 12.9. The largest absolute Gasteiger partial charge is 0.387 e. The lowest BCUT2D eigenvalue weighted by Gasteiger charge is -2.16. The summed E-state index contributed by atoms with van der Waals surface area (Å²) in [5, 5.41) is 13.7. The number of aryl methyl sites for hydroxylation is 2. The van der Waals surface area contributed by atoms with E-state index in [1.54, 1.807) is 38.0 Å². The SMILES string of the molecule is Cc1ccn2cc(C(C)N=[N+]=[N-])n(-c3ccccc3)c(=O)c12.Cc1ccn2cc(C(C)O)n(-c3ccccc3)c(=O)c12. The van der Waals surface area contributed by atoms with Gasteiger partial charge in [0.25, 0.3) is 11.1 Å². The highest BCUT2D eigenvalue weighted by atomic mass is 16.3. The van der Waals surface area contributed by atoms with E-state index in [9.17, 15) is 14.7 Å². The normalized spacial score (nSPS) is 12.4. The van der Waals surface area contributed by atoms with Gasteiger partial charge in [0.1, 0.15) is 11.0 Å². The van der Waals surface area contributed by atoms with Crippen LogP contribution in [-0.2, 0) is 0 Å². The summed E-state index contributed by atoms with van der Waals surface area (Å²) < 4.78 is 6.75. The van der Waals surface area contributed by atoms with Crippen LogP contribution in [0.3, 0.4) is 0 Å². The molecule has 1 N–H and O–H groups in total. The Morgan fingerprint density at radius 3 is 1.57 bits per heavy atom. The van der Waals surface area contributed by atoms with Gasteiger partial charge in [-0.3, -0.25) is 18.7 Å². The van der Waals surface area contributed by atoms with E-state index in [0.717, 1.165) is 22.5 Å². The molecule has 2 unspecified atom stereocenters. The fraction of sp³-hybridized carbons (Fsp3) is 0.188. The van der Waals surface area contributed by atoms with E-state index in [4.69, 9.17) is 5.53 Å². The molecule has 0 bridgehead atoms. The number of azide groups is 1. The molecule has 2 aromatic carbocycles. The lowest BCUT2D eigenvalue weighted by Crippen LogP contribution is -2.25. The number of para-hydroxylation sites is 2. The van der Waals surface area contributed by atoms with Crippen LogP contribution in [0.4, 0.5) is 0 Å². The molecule has 0 spiro atoms. The Kier molecular flexibility index (Phi) is 7.84. The second-order valence-corrected chi connectivity index (χ2v) is 10.1. The summed E-state index contributed by atoms with van der Waals surface area (Å²) in [7, 11) is 0. The first-order valence-corrected chi connectivity index (χ1v) is 13.5. The third kappa shape index (κ3) is 5.12. The second-order valence-electron chi connectivity index (χ2n) is 10.1. The third-order valence-electron chi connectivity index (χ3n) is 7.21. The summed E-state index contributed by atoms with van der Waals surface area (Å²) in [6.07, 6.45) is 6.60. The van der Waals surface area contributed by atoms with Gasteiger partial charge in [0.05, 0.1) is 23.5 Å². The van der Waals surface area contributed by atoms with E-state index >= 15 is 0 Å². The van der Waals surface area contributed by atoms with Crippen molar-refractivity contribution < 1.29 is 5.11 Å². The molecule has 0 saturated carbocycles. The molecular weight excluding hydrogens is 530 g/mol. The lowest BCUT2D eigenvalue weighted by molar-refractivity contribution is 0.190. The number of rotatable bonds is 5. The first-order chi connectivity index (χ1) is 20.2. The Morgan fingerprint density at radius 2 is 1.14 bits per heavy atom. The van der Waals surface area contributed by atoms with Crippen LogP contribution in [-0.4, -0.2) is 23.0 Å². The van der Waals surface area contributed by atoms with Gasteiger partial charge in [-0.05, 0) is 73.8 Å². The number of aromatic nitrogens is 4. The highest BCUT2D eigenvalue weighted by molar-refractivity contribution is 5.56. The van der Waals surface area contributed by atoms with Crippen molar-refractivity contribution in [2.24, 2.45) is 5.11 Å². The molecule has 0 aliphatic carbocycles. The first-order valence-electron chi connectivity index (χ1n) is 13.5. The fourth-order valence-corrected chi connectivity index (χ4v) is 5.13. The maximum Gasteiger partial charge on any atom is 0.279 e. The van der Waals surface area contributed by atoms with E-state index in [0.29, 0.717) is 22.4 Å². The maximum atomic E-state index is 12.9. The van der Waals surface area contributed by atoms with Crippen LogP contribution in [0.2, 0.25) is 0 Å². The second kappa shape index (κ2) is 11.7. The zero-order valence-corrected chi connectivity index (χ0v) is 23.8. The van der Waals surface area contributed by atoms with Gasteiger partial charge < -0.3 is 13.9 Å². The zero-order chi connectivity index (χ0) is 30.0. The summed E-state index contributed by atoms with van der Waals surface area (Å²) >= 11 is 0. The van der Waals surface area contributed by atoms with Crippen molar-refractivity contribution in [2.75, 3.05) is 0 Å². The number of benzene rings is 2. The van der Waals surface area contributed by atoms with Crippen LogP contribution < -0.4 is 11.1 Å². The summed E-state index contributed by atoms with van der Waals surface area (Å²) in [4.78, 5) is 28.6. The minimum Gasteiger partial charge on any atom is -0.387 e. The van der Waals surface area contributed by atoms with Gasteiger partial charge in [-0.25, -0.2) is 0 Å². The van der Waals surface area contributed by atoms with Gasteiger partial charge >= 0.3 is 0 Å². The van der Waals surface area contributed by atoms with Crippen molar-refractivity contribution >= 4 is 11.0 Å². The molecule has 0 aliphatic heterocycles. The number of hydrogen-bond donors (Lipinski definition) is 1. The predicted molar refractivity (Wildman–Crippen MR) is 164 cm³/mol. The van der Waals surface area contributed by atoms with Gasteiger partial charge in [0, 0.05) is 41.1 Å². The molecule has 0 radical (unpaired) electrons. The summed E-state index contributed by atoms with van der Waals surface area (Å²) in [5.41, 5.74) is 14.3. The summed E-state index contributed by atoms with van der Waals surface area (Å²) in [6.45, 7) is 7.25. The van der Waals surface area contributed by atoms with E-state index < -0.39 is 12.1 Å². The molecule has 6 aromatic rings. The Balaban J connectivity index is 0.000000169. The molecule has 4 heterocycles. The molecular formula is C32H31N7O3.